The van der Waals surface area contributed by atoms with Gasteiger partial charge in [-0.1, -0.05) is 47.5 Å². The molecule has 1 aliphatic heterocycles. The number of carbonyl (C=O) groups excluding carboxylic acids is 1. The van der Waals surface area contributed by atoms with E-state index in [0.29, 0.717) is 22.7 Å². The predicted octanol–water partition coefficient (Wildman–Crippen LogP) is 6.05. The molecule has 168 valence electrons. The van der Waals surface area contributed by atoms with Gasteiger partial charge in [0.2, 0.25) is 0 Å². The maximum Gasteiger partial charge on any atom is 0.335 e. The van der Waals surface area contributed by atoms with Crippen LogP contribution in [-0.2, 0) is 9.53 Å². The van der Waals surface area contributed by atoms with Crippen LogP contribution in [0.25, 0.3) is 0 Å². The molecule has 30 heavy (non-hydrogen) atoms. The van der Waals surface area contributed by atoms with Crippen molar-refractivity contribution in [2.45, 2.75) is 112 Å². The van der Waals surface area contributed by atoms with E-state index in [2.05, 4.69) is 34.6 Å². The summed E-state index contributed by atoms with van der Waals surface area (Å²) in [5.41, 5.74) is 2.51. The van der Waals surface area contributed by atoms with Crippen LogP contribution in [0.3, 0.4) is 0 Å². The lowest BCUT2D eigenvalue weighted by atomic mass is 9.35. The number of fused-ring (bicyclic) bond motifs is 6. The lowest BCUT2D eigenvalue weighted by Gasteiger charge is -2.70. The minimum absolute atomic E-state index is 0.111. The van der Waals surface area contributed by atoms with Gasteiger partial charge in [0, 0.05) is 11.0 Å². The second kappa shape index (κ2) is 6.36. The molecule has 1 unspecified atom stereocenters. The van der Waals surface area contributed by atoms with Crippen molar-refractivity contribution in [3.8, 4) is 0 Å². The first-order valence-electron chi connectivity index (χ1n) is 12.6. The summed E-state index contributed by atoms with van der Waals surface area (Å²) in [6.45, 7) is 14.2. The van der Waals surface area contributed by atoms with Gasteiger partial charge < -0.3 is 9.84 Å². The van der Waals surface area contributed by atoms with Crippen LogP contribution in [-0.4, -0.2) is 23.3 Å². The number of carbonyl (C=O) groups is 1. The molecule has 5 rings (SSSR count). The molecule has 1 N–H and O–H groups in total. The Labute approximate surface area is 183 Å². The third-order valence-corrected chi connectivity index (χ3v) is 11.7. The summed E-state index contributed by atoms with van der Waals surface area (Å²) < 4.78 is 5.66. The normalized spacial score (nSPS) is 55.3. The van der Waals surface area contributed by atoms with Gasteiger partial charge in [-0.2, -0.15) is 0 Å². The molecule has 0 spiro atoms. The number of hydrogen-bond acceptors (Lipinski definition) is 3. The Kier molecular flexibility index (Phi) is 4.46. The molecule has 3 nitrogen and oxygen atoms in total. The standard InChI is InChI=1S/C27H42O3/c1-7-24(3)12-8-13-25(4)18(24)11-14-26(5)19-10-9-17-16(2)30-23(29)22(17)27(19,6)21(28)15-20(25)26/h16,18-21,28H,7-15H2,1-6H3/t16-,18+,19+,20-,21-,24?,25+,26+,27-/m1/s1. The van der Waals surface area contributed by atoms with Crippen LogP contribution >= 0.6 is 0 Å². The fraction of sp³-hybridized carbons (Fsp3) is 0.889. The number of rotatable bonds is 1. The third-order valence-electron chi connectivity index (χ3n) is 11.7. The van der Waals surface area contributed by atoms with Crippen molar-refractivity contribution in [2.75, 3.05) is 0 Å². The van der Waals surface area contributed by atoms with Gasteiger partial charge in [-0.25, -0.2) is 4.79 Å². The van der Waals surface area contributed by atoms with E-state index in [1.54, 1.807) is 0 Å². The molecule has 5 aliphatic rings. The van der Waals surface area contributed by atoms with Crippen molar-refractivity contribution in [1.82, 2.24) is 0 Å². The zero-order valence-electron chi connectivity index (χ0n) is 20.0. The van der Waals surface area contributed by atoms with Crippen molar-refractivity contribution in [3.05, 3.63) is 11.1 Å². The number of cyclic esters (lactones) is 1. The quantitative estimate of drug-likeness (QED) is 0.531. The molecule has 3 saturated carbocycles. The second-order valence-corrected chi connectivity index (χ2v) is 12.6. The van der Waals surface area contributed by atoms with Crippen molar-refractivity contribution in [2.24, 2.45) is 39.4 Å². The minimum atomic E-state index is -0.452. The van der Waals surface area contributed by atoms with E-state index in [9.17, 15) is 9.90 Å². The summed E-state index contributed by atoms with van der Waals surface area (Å²) >= 11 is 0. The second-order valence-electron chi connectivity index (χ2n) is 12.6. The average molecular weight is 415 g/mol. The maximum absolute atomic E-state index is 12.9. The van der Waals surface area contributed by atoms with E-state index in [1.165, 1.54) is 44.1 Å². The molecule has 0 radical (unpaired) electrons. The van der Waals surface area contributed by atoms with Crippen LogP contribution in [0, 0.1) is 39.4 Å². The van der Waals surface area contributed by atoms with Gasteiger partial charge in [0.15, 0.2) is 0 Å². The SMILES string of the molecule is CCC1(C)CCC[C@]2(C)[C@H]3C[C@@H](O)[C@]4(C)C5=C(CC[C@H]4[C@]3(C)CC[C@@H]12)[C@@H](C)OC5=O. The average Bonchev–Trinajstić information content (AvgIpc) is 2.98. The summed E-state index contributed by atoms with van der Waals surface area (Å²) in [4.78, 5) is 12.9. The van der Waals surface area contributed by atoms with Crippen LogP contribution in [0.1, 0.15) is 99.3 Å². The van der Waals surface area contributed by atoms with Gasteiger partial charge in [-0.15, -0.1) is 0 Å². The monoisotopic (exact) mass is 414 g/mol. The number of aliphatic hydroxyl groups is 1. The van der Waals surface area contributed by atoms with Gasteiger partial charge in [0.05, 0.1) is 6.10 Å². The Morgan fingerprint density at radius 2 is 1.70 bits per heavy atom. The highest BCUT2D eigenvalue weighted by atomic mass is 16.5. The van der Waals surface area contributed by atoms with Gasteiger partial charge in [0.25, 0.3) is 0 Å². The zero-order chi connectivity index (χ0) is 21.7. The summed E-state index contributed by atoms with van der Waals surface area (Å²) in [6, 6.07) is 0. The molecular formula is C27H42O3. The van der Waals surface area contributed by atoms with Gasteiger partial charge in [0.1, 0.15) is 6.10 Å². The Morgan fingerprint density at radius 1 is 1.00 bits per heavy atom. The van der Waals surface area contributed by atoms with Crippen LogP contribution in [0.15, 0.2) is 11.1 Å². The van der Waals surface area contributed by atoms with Crippen molar-refractivity contribution >= 4 is 5.97 Å². The zero-order valence-corrected chi connectivity index (χ0v) is 20.0. The first-order valence-corrected chi connectivity index (χ1v) is 12.6. The Balaban J connectivity index is 1.59. The molecule has 0 aromatic rings. The molecule has 3 fully saturated rings. The van der Waals surface area contributed by atoms with Crippen LogP contribution in [0.5, 0.6) is 0 Å². The topological polar surface area (TPSA) is 46.5 Å². The molecule has 4 aliphatic carbocycles. The fourth-order valence-corrected chi connectivity index (χ4v) is 10.0. The molecule has 0 aromatic carbocycles. The van der Waals surface area contributed by atoms with Crippen LogP contribution in [0.2, 0.25) is 0 Å². The van der Waals surface area contributed by atoms with E-state index in [1.807, 2.05) is 6.92 Å². The highest BCUT2D eigenvalue weighted by molar-refractivity contribution is 5.94. The fourth-order valence-electron chi connectivity index (χ4n) is 10.0. The Bertz CT molecular complexity index is 800. The van der Waals surface area contributed by atoms with E-state index >= 15 is 0 Å². The lowest BCUT2D eigenvalue weighted by Crippen LogP contribution is -2.65. The number of aliphatic hydroxyl groups excluding tert-OH is 1. The summed E-state index contributed by atoms with van der Waals surface area (Å²) in [7, 11) is 0. The Morgan fingerprint density at radius 3 is 2.40 bits per heavy atom. The van der Waals surface area contributed by atoms with E-state index in [-0.39, 0.29) is 17.5 Å². The molecular weight excluding hydrogens is 372 g/mol. The first-order chi connectivity index (χ1) is 14.0. The first kappa shape index (κ1) is 21.0. The number of hydrogen-bond donors (Lipinski definition) is 1. The van der Waals surface area contributed by atoms with Crippen LogP contribution in [0.4, 0.5) is 0 Å². The van der Waals surface area contributed by atoms with Crippen molar-refractivity contribution in [1.29, 1.82) is 0 Å². The summed E-state index contributed by atoms with van der Waals surface area (Å²) in [5.74, 6) is 1.51. The van der Waals surface area contributed by atoms with Gasteiger partial charge >= 0.3 is 5.97 Å². The molecule has 1 heterocycles. The van der Waals surface area contributed by atoms with E-state index in [4.69, 9.17) is 4.74 Å². The summed E-state index contributed by atoms with van der Waals surface area (Å²) in [5, 5.41) is 11.7. The molecule has 0 bridgehead atoms. The van der Waals surface area contributed by atoms with Gasteiger partial charge in [-0.3, -0.25) is 0 Å². The molecule has 0 aromatic heterocycles. The number of ether oxygens (including phenoxy) is 1. The highest BCUT2D eigenvalue weighted by Gasteiger charge is 2.69. The highest BCUT2D eigenvalue weighted by Crippen LogP contribution is 2.73. The molecule has 3 heteroatoms. The summed E-state index contributed by atoms with van der Waals surface area (Å²) in [6.07, 6.45) is 10.1. The van der Waals surface area contributed by atoms with E-state index < -0.39 is 11.5 Å². The minimum Gasteiger partial charge on any atom is -0.455 e. The smallest absolute Gasteiger partial charge is 0.335 e. The predicted molar refractivity (Wildman–Crippen MR) is 119 cm³/mol. The largest absolute Gasteiger partial charge is 0.455 e. The molecule has 9 atom stereocenters. The van der Waals surface area contributed by atoms with Crippen molar-refractivity contribution in [3.63, 3.8) is 0 Å². The van der Waals surface area contributed by atoms with Crippen molar-refractivity contribution < 1.29 is 14.6 Å². The number of esters is 1. The van der Waals surface area contributed by atoms with E-state index in [0.717, 1.165) is 30.8 Å². The third kappa shape index (κ3) is 2.34. The Hall–Kier alpha value is -0.830. The molecule has 0 amide bonds. The molecule has 0 saturated heterocycles. The van der Waals surface area contributed by atoms with Crippen LogP contribution < -0.4 is 0 Å². The maximum atomic E-state index is 12.9. The van der Waals surface area contributed by atoms with Gasteiger partial charge in [-0.05, 0) is 91.4 Å². The lowest BCUT2D eigenvalue weighted by molar-refractivity contribution is -0.220.